The molecule has 0 unspecified atom stereocenters. The fraction of sp³-hybridized carbons (Fsp3) is 0.383. The van der Waals surface area contributed by atoms with Crippen LogP contribution in [0.3, 0.4) is 0 Å². The van der Waals surface area contributed by atoms with E-state index in [4.69, 9.17) is 40.6 Å². The molecule has 0 radical (unpaired) electrons. The average Bonchev–Trinajstić information content (AvgIpc) is 3.91. The number of nitrogens with two attached hydrogens (primary N) is 2. The highest BCUT2D eigenvalue weighted by Gasteiger charge is 2.33. The first-order valence-corrected chi connectivity index (χ1v) is 21.8. The van der Waals surface area contributed by atoms with Gasteiger partial charge in [0.05, 0.1) is 30.4 Å². The number of aldehydes is 1. The topological polar surface area (TPSA) is 242 Å². The number of carbonyl (C=O) groups is 4. The number of nitrogens with one attached hydrogen (secondary N) is 1. The first-order chi connectivity index (χ1) is 31.5. The van der Waals surface area contributed by atoms with Crippen LogP contribution in [0.15, 0.2) is 65.4 Å². The molecule has 5 N–H and O–H groups in total. The van der Waals surface area contributed by atoms with Crippen LogP contribution in [0, 0.1) is 12.8 Å². The first-order valence-electron chi connectivity index (χ1n) is 21.8. The van der Waals surface area contributed by atoms with E-state index < -0.39 is 17.4 Å². The van der Waals surface area contributed by atoms with Crippen molar-refractivity contribution in [2.24, 2.45) is 22.4 Å². The van der Waals surface area contributed by atoms with Crippen LogP contribution in [0.25, 0.3) is 44.5 Å². The summed E-state index contributed by atoms with van der Waals surface area (Å²) in [7, 11) is 1.47. The predicted molar refractivity (Wildman–Crippen MR) is 252 cm³/mol. The number of aliphatic imine (C=N–C) groups is 1. The molecular formula is C47H56N12O7. The second-order valence-corrected chi connectivity index (χ2v) is 17.1. The summed E-state index contributed by atoms with van der Waals surface area (Å²) in [5, 5.41) is 8.94. The third kappa shape index (κ3) is 9.89. The number of imidazole rings is 1. The van der Waals surface area contributed by atoms with Gasteiger partial charge in [0.15, 0.2) is 5.82 Å². The molecule has 0 bridgehead atoms. The molecule has 0 aliphatic carbocycles. The number of methoxy groups -OCH3 is 1. The Kier molecular flexibility index (Phi) is 13.6. The number of amides is 3. The molecule has 6 aromatic rings. The molecule has 1 fully saturated rings. The maximum atomic E-state index is 13.6. The third-order valence-corrected chi connectivity index (χ3v) is 10.8. The van der Waals surface area contributed by atoms with Crippen LogP contribution >= 0.6 is 0 Å². The monoisotopic (exact) mass is 900 g/mol. The highest BCUT2D eigenvalue weighted by Crippen LogP contribution is 2.37. The molecular weight excluding hydrogens is 845 g/mol. The Balaban J connectivity index is 1.26. The minimum atomic E-state index is -0.667. The van der Waals surface area contributed by atoms with E-state index in [2.05, 4.69) is 15.4 Å². The number of fused-ring (bicyclic) bond motifs is 4. The van der Waals surface area contributed by atoms with Crippen molar-refractivity contribution in [2.45, 2.75) is 80.1 Å². The number of aryl methyl sites for hydroxylation is 2. The number of allylic oxidation sites excluding steroid dienone is 3. The summed E-state index contributed by atoms with van der Waals surface area (Å²) in [6.45, 7) is 15.8. The Hall–Kier alpha value is -7.57. The number of ether oxygens (including phenoxy) is 3. The largest absolute Gasteiger partial charge is 0.494 e. The zero-order chi connectivity index (χ0) is 47.4. The molecule has 66 heavy (non-hydrogen) atoms. The number of aromatic nitrogens is 7. The van der Waals surface area contributed by atoms with E-state index in [0.29, 0.717) is 95.4 Å². The van der Waals surface area contributed by atoms with Crippen molar-refractivity contribution in [1.82, 2.24) is 38.8 Å². The summed E-state index contributed by atoms with van der Waals surface area (Å²) in [6.07, 6.45) is 8.23. The summed E-state index contributed by atoms with van der Waals surface area (Å²) in [4.78, 5) is 71.4. The van der Waals surface area contributed by atoms with E-state index in [0.717, 1.165) is 23.1 Å². The molecule has 0 saturated carbocycles. The lowest BCUT2D eigenvalue weighted by atomic mass is 9.97. The lowest BCUT2D eigenvalue weighted by Crippen LogP contribution is -2.51. The minimum absolute atomic E-state index is 0.118. The van der Waals surface area contributed by atoms with E-state index in [1.54, 1.807) is 34.7 Å². The maximum Gasteiger partial charge on any atom is 0.410 e. The Morgan fingerprint density at radius 3 is 2.36 bits per heavy atom. The normalized spacial score (nSPS) is 13.8. The molecule has 0 spiro atoms. The first kappa shape index (κ1) is 46.4. The number of likely N-dealkylation sites (tertiary alicyclic amines) is 1. The van der Waals surface area contributed by atoms with Gasteiger partial charge in [-0.2, -0.15) is 5.10 Å². The molecule has 7 rings (SSSR count). The Morgan fingerprint density at radius 1 is 0.970 bits per heavy atom. The molecule has 1 aliphatic rings. The SMILES string of the molecule is CCN=C(/C=C(/C)N)C(=O)Nc1nc2cc(C(N)=O)cc(OC)c2n1C/C=C/Cn1c2nc(-c3cc(C)nn3CC)ncc2c2cc(C=O)cc(OCCC3CN(C(=O)OC(C)(C)C)C3)c21. The van der Waals surface area contributed by atoms with Gasteiger partial charge in [-0.25, -0.2) is 19.7 Å². The zero-order valence-corrected chi connectivity index (χ0v) is 38.5. The Labute approximate surface area is 381 Å². The smallest absolute Gasteiger partial charge is 0.410 e. The number of carbonyl (C=O) groups excluding carboxylic acids is 4. The number of hydrogen-bond acceptors (Lipinski definition) is 13. The van der Waals surface area contributed by atoms with Gasteiger partial charge in [0.1, 0.15) is 46.0 Å². The van der Waals surface area contributed by atoms with Gasteiger partial charge in [-0.05, 0) is 97.2 Å². The summed E-state index contributed by atoms with van der Waals surface area (Å²) in [6, 6.07) is 8.55. The Bertz CT molecular complexity index is 2940. The van der Waals surface area contributed by atoms with E-state index in [1.165, 1.54) is 19.3 Å². The van der Waals surface area contributed by atoms with Crippen molar-refractivity contribution in [3.63, 3.8) is 0 Å². The predicted octanol–water partition coefficient (Wildman–Crippen LogP) is 6.20. The van der Waals surface area contributed by atoms with Gasteiger partial charge in [0.25, 0.3) is 5.91 Å². The van der Waals surface area contributed by atoms with Crippen LogP contribution in [0.4, 0.5) is 10.7 Å². The molecule has 2 aromatic carbocycles. The van der Waals surface area contributed by atoms with Crippen LogP contribution in [0.2, 0.25) is 0 Å². The minimum Gasteiger partial charge on any atom is -0.494 e. The van der Waals surface area contributed by atoms with Crippen LogP contribution in [0.1, 0.15) is 74.4 Å². The number of benzene rings is 2. The van der Waals surface area contributed by atoms with Gasteiger partial charge in [-0.15, -0.1) is 0 Å². The Morgan fingerprint density at radius 2 is 1.71 bits per heavy atom. The molecule has 346 valence electrons. The molecule has 1 aliphatic heterocycles. The summed E-state index contributed by atoms with van der Waals surface area (Å²) in [5.41, 5.74) is 15.9. The van der Waals surface area contributed by atoms with Gasteiger partial charge >= 0.3 is 6.09 Å². The van der Waals surface area contributed by atoms with E-state index in [1.807, 2.05) is 75.1 Å². The van der Waals surface area contributed by atoms with Gasteiger partial charge in [0, 0.05) is 73.1 Å². The van der Waals surface area contributed by atoms with Crippen molar-refractivity contribution in [1.29, 1.82) is 0 Å². The summed E-state index contributed by atoms with van der Waals surface area (Å²) in [5.74, 6) is 0.486. The van der Waals surface area contributed by atoms with E-state index in [-0.39, 0.29) is 42.3 Å². The van der Waals surface area contributed by atoms with Gasteiger partial charge in [-0.1, -0.05) is 12.2 Å². The van der Waals surface area contributed by atoms with Crippen LogP contribution in [-0.2, 0) is 29.2 Å². The van der Waals surface area contributed by atoms with Crippen LogP contribution in [0.5, 0.6) is 11.5 Å². The molecule has 19 nitrogen and oxygen atoms in total. The quantitative estimate of drug-likeness (QED) is 0.0527. The number of rotatable bonds is 17. The second-order valence-electron chi connectivity index (χ2n) is 17.1. The van der Waals surface area contributed by atoms with Crippen molar-refractivity contribution in [3.8, 4) is 23.0 Å². The third-order valence-electron chi connectivity index (χ3n) is 10.8. The standard InChI is InChI=1S/C47H56N12O7/c1-9-50-35(17-27(3)48)44(62)54-45-52-34-21-31(41(49)61)22-37(64-8)40(34)58(45)15-12-11-14-57-39-32(33-23-51-42(53-43(33)57)36-18-28(4)55-59(36)10-2)19-30(26-60)20-38(39)65-16-13-29-24-56(25-29)46(63)66-47(5,6)7/h11-12,17-23,26,29H,9-10,13-16,24-25,48H2,1-8H3,(H2,49,61)(H,52,54,62)/b12-11+,27-17-,50-35?. The molecule has 0 atom stereocenters. The summed E-state index contributed by atoms with van der Waals surface area (Å²) < 4.78 is 23.4. The van der Waals surface area contributed by atoms with Gasteiger partial charge in [0.2, 0.25) is 11.9 Å². The lowest BCUT2D eigenvalue weighted by Gasteiger charge is -2.39. The van der Waals surface area contributed by atoms with Crippen molar-refractivity contribution in [3.05, 3.63) is 77.3 Å². The van der Waals surface area contributed by atoms with Crippen molar-refractivity contribution >= 4 is 68.8 Å². The summed E-state index contributed by atoms with van der Waals surface area (Å²) >= 11 is 0. The number of nitrogens with zero attached hydrogens (tertiary/aromatic N) is 9. The van der Waals surface area contributed by atoms with E-state index >= 15 is 0 Å². The van der Waals surface area contributed by atoms with Crippen molar-refractivity contribution in [2.75, 3.05) is 38.7 Å². The van der Waals surface area contributed by atoms with Crippen LogP contribution in [-0.4, -0.2) is 108 Å². The molecule has 1 saturated heterocycles. The highest BCUT2D eigenvalue weighted by molar-refractivity contribution is 6.47. The number of hydrogen-bond donors (Lipinski definition) is 3. The lowest BCUT2D eigenvalue weighted by molar-refractivity contribution is -0.110. The van der Waals surface area contributed by atoms with Gasteiger partial charge < -0.3 is 39.7 Å². The molecule has 4 aromatic heterocycles. The maximum absolute atomic E-state index is 13.6. The fourth-order valence-electron chi connectivity index (χ4n) is 7.89. The van der Waals surface area contributed by atoms with E-state index in [9.17, 15) is 19.2 Å². The average molecular weight is 901 g/mol. The van der Waals surface area contributed by atoms with Gasteiger partial charge in [-0.3, -0.25) is 29.4 Å². The molecule has 5 heterocycles. The highest BCUT2D eigenvalue weighted by atomic mass is 16.6. The zero-order valence-electron chi connectivity index (χ0n) is 38.5. The molecule has 3 amide bonds. The number of anilines is 1. The number of primary amides is 1. The van der Waals surface area contributed by atoms with Crippen molar-refractivity contribution < 1.29 is 33.4 Å². The second kappa shape index (κ2) is 19.3. The fourth-order valence-corrected chi connectivity index (χ4v) is 7.89. The molecule has 19 heteroatoms. The van der Waals surface area contributed by atoms with Crippen LogP contribution < -0.4 is 26.3 Å².